The number of amides is 1. The smallest absolute Gasteiger partial charge is 0.408 e. The maximum absolute atomic E-state index is 11.6. The summed E-state index contributed by atoms with van der Waals surface area (Å²) in [6.45, 7) is 1.87. The molecule has 0 unspecified atom stereocenters. The van der Waals surface area contributed by atoms with Gasteiger partial charge in [0.15, 0.2) is 0 Å². The molecular weight excluding hydrogens is 322 g/mol. The highest BCUT2D eigenvalue weighted by Crippen LogP contribution is 2.03. The monoisotopic (exact) mass is 343 g/mol. The topological polar surface area (TPSA) is 92.7 Å². The molecular formula is C16H22ClNO5. The number of nitrogens with one attached hydrogen (secondary N) is 1. The second kappa shape index (κ2) is 12.5. The van der Waals surface area contributed by atoms with E-state index in [0.29, 0.717) is 12.8 Å². The van der Waals surface area contributed by atoms with Crippen LogP contribution >= 0.6 is 11.6 Å². The van der Waals surface area contributed by atoms with E-state index in [-0.39, 0.29) is 18.8 Å². The van der Waals surface area contributed by atoms with Gasteiger partial charge in [0.05, 0.1) is 0 Å². The lowest BCUT2D eigenvalue weighted by Crippen LogP contribution is -2.42. The molecule has 0 saturated heterocycles. The lowest BCUT2D eigenvalue weighted by molar-refractivity contribution is -0.141. The largest absolute Gasteiger partial charge is 0.480 e. The number of alkyl carbamates (subject to hydrolysis) is 1. The van der Waals surface area contributed by atoms with E-state index in [1.54, 1.807) is 24.3 Å². The summed E-state index contributed by atoms with van der Waals surface area (Å²) in [4.78, 5) is 34.1. The number of hydrogen-bond donors (Lipinski definition) is 2. The predicted octanol–water partition coefficient (Wildman–Crippen LogP) is 2.98. The molecule has 1 atom stereocenters. The summed E-state index contributed by atoms with van der Waals surface area (Å²) in [7, 11) is 0. The molecule has 128 valence electrons. The van der Waals surface area contributed by atoms with E-state index in [1.807, 2.05) is 13.0 Å². The van der Waals surface area contributed by atoms with E-state index in [9.17, 15) is 14.4 Å². The van der Waals surface area contributed by atoms with Gasteiger partial charge < -0.3 is 15.2 Å². The molecule has 6 nitrogen and oxygen atoms in total. The average molecular weight is 344 g/mol. The Morgan fingerprint density at radius 2 is 1.83 bits per heavy atom. The first-order valence-electron chi connectivity index (χ1n) is 7.12. The van der Waals surface area contributed by atoms with Crippen LogP contribution in [0, 0.1) is 0 Å². The number of carbonyl (C=O) groups excluding carboxylic acids is 2. The van der Waals surface area contributed by atoms with Crippen LogP contribution in [-0.4, -0.2) is 35.4 Å². The first-order valence-corrected chi connectivity index (χ1v) is 7.88. The highest BCUT2D eigenvalue weighted by Gasteiger charge is 2.23. The van der Waals surface area contributed by atoms with Crippen molar-refractivity contribution in [1.82, 2.24) is 5.32 Å². The zero-order chi connectivity index (χ0) is 17.7. The number of ether oxygens (including phenoxy) is 1. The van der Waals surface area contributed by atoms with Crippen LogP contribution < -0.4 is 5.32 Å². The molecule has 7 heteroatoms. The van der Waals surface area contributed by atoms with Crippen LogP contribution in [0.2, 0.25) is 0 Å². The molecule has 23 heavy (non-hydrogen) atoms. The first-order chi connectivity index (χ1) is 11.0. The minimum Gasteiger partial charge on any atom is -0.480 e. The second-order valence-electron chi connectivity index (χ2n) is 4.59. The van der Waals surface area contributed by atoms with Crippen LogP contribution in [-0.2, 0) is 20.9 Å². The molecule has 1 aromatic rings. The fourth-order valence-electron chi connectivity index (χ4n) is 1.72. The summed E-state index contributed by atoms with van der Waals surface area (Å²) in [6.07, 6.45) is 1.33. The standard InChI is InChI=1S/C15H19NO5.CH3Cl/c1-2-6-12(17)9-13(14(18)19)16-15(20)21-10-11-7-4-3-5-8-11;1-2/h3-5,7-8,13H,2,6,9-10H2,1H3,(H,16,20)(H,18,19);1H3/t13-;/m0./s1. The Hall–Kier alpha value is -2.08. The van der Waals surface area contributed by atoms with Crippen molar-refractivity contribution in [3.05, 3.63) is 35.9 Å². The maximum Gasteiger partial charge on any atom is 0.408 e. The van der Waals surface area contributed by atoms with Gasteiger partial charge in [0.1, 0.15) is 18.4 Å². The lowest BCUT2D eigenvalue weighted by Gasteiger charge is -2.13. The average Bonchev–Trinajstić information content (AvgIpc) is 2.55. The van der Waals surface area contributed by atoms with Gasteiger partial charge in [-0.25, -0.2) is 9.59 Å². The Balaban J connectivity index is 0.00000232. The molecule has 1 rings (SSSR count). The Morgan fingerprint density at radius 3 is 2.35 bits per heavy atom. The Kier molecular flexibility index (Phi) is 11.3. The Labute approximate surface area is 140 Å². The van der Waals surface area contributed by atoms with Crippen molar-refractivity contribution in [2.75, 3.05) is 6.38 Å². The van der Waals surface area contributed by atoms with Crippen LogP contribution in [0.1, 0.15) is 31.7 Å². The SMILES string of the molecule is CCCC(=O)C[C@H](NC(=O)OCc1ccccc1)C(=O)O.CCl. The number of alkyl halides is 1. The van der Waals surface area contributed by atoms with E-state index in [2.05, 4.69) is 16.9 Å². The highest BCUT2D eigenvalue weighted by atomic mass is 35.5. The van der Waals surface area contributed by atoms with Crippen molar-refractivity contribution >= 4 is 29.4 Å². The van der Waals surface area contributed by atoms with Crippen molar-refractivity contribution in [1.29, 1.82) is 0 Å². The van der Waals surface area contributed by atoms with Crippen LogP contribution in [0.25, 0.3) is 0 Å². The number of hydrogen-bond acceptors (Lipinski definition) is 4. The lowest BCUT2D eigenvalue weighted by atomic mass is 10.1. The van der Waals surface area contributed by atoms with Gasteiger partial charge in [0.2, 0.25) is 0 Å². The fraction of sp³-hybridized carbons (Fsp3) is 0.438. The third-order valence-electron chi connectivity index (χ3n) is 2.76. The molecule has 0 fully saturated rings. The molecule has 0 aliphatic heterocycles. The van der Waals surface area contributed by atoms with E-state index in [4.69, 9.17) is 9.84 Å². The van der Waals surface area contributed by atoms with Crippen LogP contribution in [0.15, 0.2) is 30.3 Å². The van der Waals surface area contributed by atoms with Gasteiger partial charge in [0, 0.05) is 19.2 Å². The summed E-state index contributed by atoms with van der Waals surface area (Å²) in [5, 5.41) is 11.2. The van der Waals surface area contributed by atoms with Gasteiger partial charge in [-0.15, -0.1) is 11.6 Å². The van der Waals surface area contributed by atoms with Crippen LogP contribution in [0.5, 0.6) is 0 Å². The van der Waals surface area contributed by atoms with Crippen molar-refractivity contribution in [2.45, 2.75) is 38.8 Å². The zero-order valence-corrected chi connectivity index (χ0v) is 14.0. The van der Waals surface area contributed by atoms with E-state index in [1.165, 1.54) is 6.38 Å². The fourth-order valence-corrected chi connectivity index (χ4v) is 1.72. The minimum atomic E-state index is -1.26. The molecule has 0 saturated carbocycles. The van der Waals surface area contributed by atoms with Crippen LogP contribution in [0.3, 0.4) is 0 Å². The predicted molar refractivity (Wildman–Crippen MR) is 87.5 cm³/mol. The molecule has 0 aliphatic carbocycles. The van der Waals surface area contributed by atoms with Crippen molar-refractivity contribution in [3.8, 4) is 0 Å². The number of benzene rings is 1. The van der Waals surface area contributed by atoms with Crippen molar-refractivity contribution in [2.24, 2.45) is 0 Å². The molecule has 2 N–H and O–H groups in total. The molecule has 1 amide bonds. The normalized spacial score (nSPS) is 10.7. The zero-order valence-electron chi connectivity index (χ0n) is 13.3. The third kappa shape index (κ3) is 9.52. The molecule has 0 bridgehead atoms. The van der Waals surface area contributed by atoms with Crippen molar-refractivity contribution < 1.29 is 24.2 Å². The summed E-state index contributed by atoms with van der Waals surface area (Å²) in [5.74, 6) is -1.45. The van der Waals surface area contributed by atoms with Gasteiger partial charge in [-0.05, 0) is 12.0 Å². The summed E-state index contributed by atoms with van der Waals surface area (Å²) >= 11 is 4.64. The number of rotatable bonds is 8. The third-order valence-corrected chi connectivity index (χ3v) is 2.76. The molecule has 0 radical (unpaired) electrons. The summed E-state index contributed by atoms with van der Waals surface area (Å²) in [5.41, 5.74) is 0.793. The highest BCUT2D eigenvalue weighted by molar-refractivity contribution is 6.15. The Bertz CT molecular complexity index is 493. The second-order valence-corrected chi connectivity index (χ2v) is 4.59. The van der Waals surface area contributed by atoms with Gasteiger partial charge in [0.25, 0.3) is 0 Å². The van der Waals surface area contributed by atoms with E-state index in [0.717, 1.165) is 5.56 Å². The minimum absolute atomic E-state index is 0.0436. The number of aliphatic carboxylic acids is 1. The quantitative estimate of drug-likeness (QED) is 0.708. The van der Waals surface area contributed by atoms with Gasteiger partial charge in [-0.1, -0.05) is 37.3 Å². The molecule has 0 aromatic heterocycles. The van der Waals surface area contributed by atoms with Gasteiger partial charge in [-0.3, -0.25) is 4.79 Å². The number of ketones is 1. The Morgan fingerprint density at radius 1 is 1.22 bits per heavy atom. The van der Waals surface area contributed by atoms with Crippen LogP contribution in [0.4, 0.5) is 4.79 Å². The molecule has 1 aromatic carbocycles. The number of Topliss-reactive ketones (excluding diaryl/α,β-unsaturated/α-hetero) is 1. The maximum atomic E-state index is 11.6. The van der Waals surface area contributed by atoms with E-state index >= 15 is 0 Å². The number of carboxylic acids is 1. The molecule has 0 spiro atoms. The summed E-state index contributed by atoms with van der Waals surface area (Å²) < 4.78 is 4.93. The van der Waals surface area contributed by atoms with E-state index < -0.39 is 18.1 Å². The van der Waals surface area contributed by atoms with Gasteiger partial charge in [-0.2, -0.15) is 0 Å². The number of halogens is 1. The number of carboxylic acid groups (broad SMARTS) is 1. The summed E-state index contributed by atoms with van der Waals surface area (Å²) in [6, 6.07) is 7.76. The van der Waals surface area contributed by atoms with Crippen molar-refractivity contribution in [3.63, 3.8) is 0 Å². The number of carbonyl (C=O) groups is 3. The first kappa shape index (κ1) is 20.9. The molecule has 0 heterocycles. The van der Waals surface area contributed by atoms with Gasteiger partial charge >= 0.3 is 12.1 Å². The molecule has 0 aliphatic rings.